The maximum atomic E-state index is 10.8. The molecule has 22 heavy (non-hydrogen) atoms. The van der Waals surface area contributed by atoms with Gasteiger partial charge in [0.2, 0.25) is 0 Å². The zero-order chi connectivity index (χ0) is 15.9. The van der Waals surface area contributed by atoms with Gasteiger partial charge in [0.1, 0.15) is 5.15 Å². The van der Waals surface area contributed by atoms with Crippen LogP contribution in [0.1, 0.15) is 31.7 Å². The number of hydrogen-bond acceptors (Lipinski definition) is 5. The maximum Gasteiger partial charge on any atom is 0.274 e. The van der Waals surface area contributed by atoms with E-state index in [2.05, 4.69) is 17.2 Å². The van der Waals surface area contributed by atoms with Gasteiger partial charge in [0.25, 0.3) is 6.20 Å². The minimum Gasteiger partial charge on any atom is -0.366 e. The quantitative estimate of drug-likeness (QED) is 0.495. The monoisotopic (exact) mass is 324 g/mol. The Morgan fingerprint density at radius 1 is 1.59 bits per heavy atom. The van der Waals surface area contributed by atoms with Crippen molar-refractivity contribution in [1.29, 1.82) is 0 Å². The molecule has 120 valence electrons. The van der Waals surface area contributed by atoms with Crippen LogP contribution in [0, 0.1) is 16.0 Å². The van der Waals surface area contributed by atoms with Crippen molar-refractivity contribution in [1.82, 2.24) is 15.2 Å². The van der Waals surface area contributed by atoms with Gasteiger partial charge >= 0.3 is 0 Å². The molecule has 0 radical (unpaired) electrons. The van der Waals surface area contributed by atoms with Crippen molar-refractivity contribution in [3.63, 3.8) is 0 Å². The highest BCUT2D eigenvalue weighted by Crippen LogP contribution is 2.20. The Hall–Kier alpha value is -1.82. The van der Waals surface area contributed by atoms with Gasteiger partial charge in [0.15, 0.2) is 5.82 Å². The lowest BCUT2D eigenvalue weighted by atomic mass is 9.99. The molecule has 0 aliphatic carbocycles. The van der Waals surface area contributed by atoms with Gasteiger partial charge in [0.05, 0.1) is 4.92 Å². The molecule has 0 saturated carbocycles. The van der Waals surface area contributed by atoms with E-state index in [9.17, 15) is 10.1 Å². The van der Waals surface area contributed by atoms with Gasteiger partial charge in [-0.2, -0.15) is 0 Å². The Morgan fingerprint density at radius 2 is 2.41 bits per heavy atom. The van der Waals surface area contributed by atoms with Crippen LogP contribution in [0.15, 0.2) is 30.4 Å². The number of aromatic nitrogens is 1. The summed E-state index contributed by atoms with van der Waals surface area (Å²) in [5, 5.41) is 14.4. The van der Waals surface area contributed by atoms with Crippen LogP contribution in [0.5, 0.6) is 0 Å². The van der Waals surface area contributed by atoms with Crippen LogP contribution in [-0.4, -0.2) is 27.9 Å². The predicted octanol–water partition coefficient (Wildman–Crippen LogP) is 3.02. The first-order valence-electron chi connectivity index (χ1n) is 7.53. The van der Waals surface area contributed by atoms with Crippen molar-refractivity contribution in [3.05, 3.63) is 51.2 Å². The molecule has 1 atom stereocenters. The van der Waals surface area contributed by atoms with E-state index in [1.807, 2.05) is 11.0 Å². The number of rotatable bonds is 6. The van der Waals surface area contributed by atoms with Gasteiger partial charge in [-0.15, -0.1) is 0 Å². The highest BCUT2D eigenvalue weighted by Gasteiger charge is 2.24. The summed E-state index contributed by atoms with van der Waals surface area (Å²) in [7, 11) is 0. The molecule has 1 fully saturated rings. The fraction of sp³-hybridized carbons (Fsp3) is 0.533. The van der Waals surface area contributed by atoms with E-state index in [4.69, 9.17) is 11.6 Å². The van der Waals surface area contributed by atoms with Crippen molar-refractivity contribution >= 4 is 11.6 Å². The fourth-order valence-corrected chi connectivity index (χ4v) is 2.73. The first kappa shape index (κ1) is 16.5. The fourth-order valence-electron chi connectivity index (χ4n) is 2.62. The van der Waals surface area contributed by atoms with Gasteiger partial charge in [-0.3, -0.25) is 10.1 Å². The molecular weight excluding hydrogens is 304 g/mol. The highest BCUT2D eigenvalue weighted by molar-refractivity contribution is 6.29. The van der Waals surface area contributed by atoms with Crippen LogP contribution in [-0.2, 0) is 6.54 Å². The Bertz CT molecular complexity index is 533. The van der Waals surface area contributed by atoms with E-state index >= 15 is 0 Å². The molecule has 1 aromatic rings. The van der Waals surface area contributed by atoms with Crippen molar-refractivity contribution in [2.75, 3.05) is 13.1 Å². The summed E-state index contributed by atoms with van der Waals surface area (Å²) in [6.07, 6.45) is 6.22. The third-order valence-corrected chi connectivity index (χ3v) is 3.97. The number of halogens is 1. The topological polar surface area (TPSA) is 71.3 Å². The molecule has 1 N–H and O–H groups in total. The van der Waals surface area contributed by atoms with Gasteiger partial charge in [-0.1, -0.05) is 37.4 Å². The van der Waals surface area contributed by atoms with Crippen LogP contribution in [0.3, 0.4) is 0 Å². The van der Waals surface area contributed by atoms with Crippen LogP contribution >= 0.6 is 11.6 Å². The first-order valence-corrected chi connectivity index (χ1v) is 7.91. The molecule has 0 spiro atoms. The van der Waals surface area contributed by atoms with Crippen LogP contribution < -0.4 is 5.32 Å². The minimum atomic E-state index is -0.415. The second-order valence-corrected chi connectivity index (χ2v) is 5.95. The Kier molecular flexibility index (Phi) is 6.00. The second kappa shape index (κ2) is 7.98. The molecule has 1 aromatic heterocycles. The Morgan fingerprint density at radius 3 is 3.05 bits per heavy atom. The van der Waals surface area contributed by atoms with E-state index < -0.39 is 4.92 Å². The highest BCUT2D eigenvalue weighted by atomic mass is 35.5. The molecule has 1 aliphatic heterocycles. The summed E-state index contributed by atoms with van der Waals surface area (Å²) < 4.78 is 0. The van der Waals surface area contributed by atoms with Crippen LogP contribution in [0.2, 0.25) is 5.15 Å². The number of unbranched alkanes of at least 4 members (excludes halogenated alkanes) is 1. The first-order chi connectivity index (χ1) is 10.6. The molecule has 1 unspecified atom stereocenters. The zero-order valence-corrected chi connectivity index (χ0v) is 13.4. The molecule has 1 saturated heterocycles. The Labute approximate surface area is 135 Å². The lowest BCUT2D eigenvalue weighted by Gasteiger charge is -2.36. The average Bonchev–Trinajstić information content (AvgIpc) is 2.49. The number of pyridine rings is 1. The molecule has 2 heterocycles. The molecule has 0 amide bonds. The van der Waals surface area contributed by atoms with E-state index in [-0.39, 0.29) is 0 Å². The molecule has 2 rings (SSSR count). The summed E-state index contributed by atoms with van der Waals surface area (Å²) in [6, 6.07) is 3.63. The Balaban J connectivity index is 2.09. The maximum absolute atomic E-state index is 10.8. The van der Waals surface area contributed by atoms with Gasteiger partial charge in [0, 0.05) is 25.8 Å². The summed E-state index contributed by atoms with van der Waals surface area (Å²) in [5.41, 5.74) is 0.983. The normalized spacial score (nSPS) is 20.0. The SMILES string of the molecule is CCCCC1CN/C(=C/[N+](=O)[O-])N(Cc2ccc(Cl)nc2)C1. The summed E-state index contributed by atoms with van der Waals surface area (Å²) in [4.78, 5) is 16.5. The van der Waals surface area contributed by atoms with E-state index in [0.717, 1.165) is 37.7 Å². The van der Waals surface area contributed by atoms with Gasteiger partial charge < -0.3 is 10.2 Å². The summed E-state index contributed by atoms with van der Waals surface area (Å²) >= 11 is 5.79. The van der Waals surface area contributed by atoms with Gasteiger partial charge in [-0.25, -0.2) is 4.98 Å². The standard InChI is InChI=1S/C15H21ClN4O2/c1-2-3-4-12-8-18-15(11-20(21)22)19(9-12)10-13-5-6-14(16)17-7-13/h5-7,11-12,18H,2-4,8-10H2,1H3/b15-11-. The van der Waals surface area contributed by atoms with Gasteiger partial charge in [-0.05, 0) is 24.0 Å². The van der Waals surface area contributed by atoms with E-state index in [1.54, 1.807) is 12.3 Å². The lowest BCUT2D eigenvalue weighted by molar-refractivity contribution is -0.405. The average molecular weight is 325 g/mol. The number of nitrogens with zero attached hydrogens (tertiary/aromatic N) is 3. The molecular formula is C15H21ClN4O2. The van der Waals surface area contributed by atoms with E-state index in [1.165, 1.54) is 6.42 Å². The number of nitro groups is 1. The molecule has 1 aliphatic rings. The zero-order valence-electron chi connectivity index (χ0n) is 12.7. The molecule has 0 aromatic carbocycles. The van der Waals surface area contributed by atoms with Crippen molar-refractivity contribution in [2.45, 2.75) is 32.7 Å². The third-order valence-electron chi connectivity index (χ3n) is 3.75. The summed E-state index contributed by atoms with van der Waals surface area (Å²) in [5.74, 6) is 1.07. The lowest BCUT2D eigenvalue weighted by Crippen LogP contribution is -2.45. The number of hydrogen-bond donors (Lipinski definition) is 1. The van der Waals surface area contributed by atoms with Crippen LogP contribution in [0.25, 0.3) is 0 Å². The van der Waals surface area contributed by atoms with Crippen molar-refractivity contribution in [2.24, 2.45) is 5.92 Å². The van der Waals surface area contributed by atoms with Crippen LogP contribution in [0.4, 0.5) is 0 Å². The second-order valence-electron chi connectivity index (χ2n) is 5.56. The van der Waals surface area contributed by atoms with Crippen molar-refractivity contribution < 1.29 is 4.92 Å². The molecule has 0 bridgehead atoms. The molecule has 6 nitrogen and oxygen atoms in total. The number of nitrogens with one attached hydrogen (secondary N) is 1. The predicted molar refractivity (Wildman–Crippen MR) is 85.8 cm³/mol. The largest absolute Gasteiger partial charge is 0.366 e. The minimum absolute atomic E-state index is 0.415. The molecule has 7 heteroatoms. The summed E-state index contributed by atoms with van der Waals surface area (Å²) in [6.45, 7) is 4.36. The van der Waals surface area contributed by atoms with Crippen molar-refractivity contribution in [3.8, 4) is 0 Å². The smallest absolute Gasteiger partial charge is 0.274 e. The third kappa shape index (κ3) is 4.87. The van der Waals surface area contributed by atoms with E-state index in [0.29, 0.717) is 23.4 Å².